The van der Waals surface area contributed by atoms with Crippen molar-refractivity contribution in [2.45, 2.75) is 18.9 Å². The average Bonchev–Trinajstić information content (AvgIpc) is 3.25. The van der Waals surface area contributed by atoms with Crippen LogP contribution in [0.25, 0.3) is 0 Å². The normalized spacial score (nSPS) is 18.1. The molecule has 158 valence electrons. The third-order valence-corrected chi connectivity index (χ3v) is 5.76. The summed E-state index contributed by atoms with van der Waals surface area (Å²) in [5.74, 6) is 1.55. The lowest BCUT2D eigenvalue weighted by Gasteiger charge is -2.32. The van der Waals surface area contributed by atoms with Crippen LogP contribution in [0.2, 0.25) is 5.02 Å². The van der Waals surface area contributed by atoms with Crippen molar-refractivity contribution < 1.29 is 23.8 Å². The van der Waals surface area contributed by atoms with Gasteiger partial charge in [0, 0.05) is 17.1 Å². The molecule has 0 aliphatic carbocycles. The molecule has 2 aliphatic rings. The SMILES string of the molecule is COc1ccc(OC)c([C@H]2CCCN2C(=O)CN2C(=O)COc3ccc(Cl)cc32)c1. The number of methoxy groups -OCH3 is 2. The number of fused-ring (bicyclic) bond motifs is 1. The van der Waals surface area contributed by atoms with E-state index < -0.39 is 0 Å². The van der Waals surface area contributed by atoms with Gasteiger partial charge >= 0.3 is 0 Å². The molecule has 7 nitrogen and oxygen atoms in total. The summed E-state index contributed by atoms with van der Waals surface area (Å²) < 4.78 is 16.3. The smallest absolute Gasteiger partial charge is 0.265 e. The first-order chi connectivity index (χ1) is 14.5. The monoisotopic (exact) mass is 430 g/mol. The average molecular weight is 431 g/mol. The van der Waals surface area contributed by atoms with E-state index in [4.69, 9.17) is 25.8 Å². The minimum absolute atomic E-state index is 0.0711. The Morgan fingerprint density at radius 1 is 1.20 bits per heavy atom. The highest BCUT2D eigenvalue weighted by atomic mass is 35.5. The van der Waals surface area contributed by atoms with Crippen molar-refractivity contribution in [3.05, 3.63) is 47.0 Å². The van der Waals surface area contributed by atoms with Gasteiger partial charge in [-0.2, -0.15) is 0 Å². The number of nitrogens with zero attached hydrogens (tertiary/aromatic N) is 2. The number of benzene rings is 2. The molecule has 2 amide bonds. The van der Waals surface area contributed by atoms with Crippen molar-refractivity contribution in [2.75, 3.05) is 38.8 Å². The molecule has 0 aromatic heterocycles. The van der Waals surface area contributed by atoms with Crippen LogP contribution in [0.4, 0.5) is 5.69 Å². The Hall–Kier alpha value is -2.93. The van der Waals surface area contributed by atoms with Crippen LogP contribution in [0.3, 0.4) is 0 Å². The summed E-state index contributed by atoms with van der Waals surface area (Å²) in [4.78, 5) is 29.0. The lowest BCUT2D eigenvalue weighted by molar-refractivity contribution is -0.132. The van der Waals surface area contributed by atoms with Crippen LogP contribution in [-0.4, -0.2) is 50.6 Å². The lowest BCUT2D eigenvalue weighted by atomic mass is 10.0. The van der Waals surface area contributed by atoms with Gasteiger partial charge in [0.2, 0.25) is 5.91 Å². The van der Waals surface area contributed by atoms with Gasteiger partial charge in [0.25, 0.3) is 5.91 Å². The molecule has 0 saturated carbocycles. The van der Waals surface area contributed by atoms with Crippen LogP contribution in [-0.2, 0) is 9.59 Å². The summed E-state index contributed by atoms with van der Waals surface area (Å²) in [6, 6.07) is 10.5. The van der Waals surface area contributed by atoms with Gasteiger partial charge in [-0.1, -0.05) is 11.6 Å². The van der Waals surface area contributed by atoms with Crippen molar-refractivity contribution in [3.63, 3.8) is 0 Å². The Morgan fingerprint density at radius 3 is 2.80 bits per heavy atom. The molecule has 0 unspecified atom stereocenters. The number of hydrogen-bond donors (Lipinski definition) is 0. The summed E-state index contributed by atoms with van der Waals surface area (Å²) in [6.45, 7) is 0.443. The molecular weight excluding hydrogens is 408 g/mol. The molecule has 1 atom stereocenters. The fraction of sp³-hybridized carbons (Fsp3) is 0.364. The first kappa shape index (κ1) is 20.3. The topological polar surface area (TPSA) is 68.3 Å². The van der Waals surface area contributed by atoms with Crippen molar-refractivity contribution >= 4 is 29.1 Å². The maximum atomic E-state index is 13.3. The molecule has 8 heteroatoms. The van der Waals surface area contributed by atoms with Crippen molar-refractivity contribution in [2.24, 2.45) is 0 Å². The van der Waals surface area contributed by atoms with Crippen LogP contribution in [0.5, 0.6) is 17.2 Å². The van der Waals surface area contributed by atoms with E-state index >= 15 is 0 Å². The van der Waals surface area contributed by atoms with E-state index in [-0.39, 0.29) is 31.0 Å². The van der Waals surface area contributed by atoms with E-state index in [1.165, 1.54) is 4.90 Å². The predicted molar refractivity (Wildman–Crippen MR) is 113 cm³/mol. The zero-order valence-electron chi connectivity index (χ0n) is 16.9. The predicted octanol–water partition coefficient (Wildman–Crippen LogP) is 3.45. The summed E-state index contributed by atoms with van der Waals surface area (Å²) in [5, 5.41) is 0.477. The first-order valence-corrected chi connectivity index (χ1v) is 10.1. The number of anilines is 1. The Labute approximate surface area is 180 Å². The van der Waals surface area contributed by atoms with Crippen molar-refractivity contribution in [1.82, 2.24) is 4.90 Å². The summed E-state index contributed by atoms with van der Waals surface area (Å²) >= 11 is 6.10. The zero-order valence-corrected chi connectivity index (χ0v) is 17.6. The van der Waals surface area contributed by atoms with Gasteiger partial charge in [0.15, 0.2) is 6.61 Å². The van der Waals surface area contributed by atoms with Gasteiger partial charge < -0.3 is 19.1 Å². The number of likely N-dealkylation sites (tertiary alicyclic amines) is 1. The first-order valence-electron chi connectivity index (χ1n) is 9.76. The summed E-state index contributed by atoms with van der Waals surface area (Å²) in [7, 11) is 3.22. The van der Waals surface area contributed by atoms with Gasteiger partial charge in [-0.3, -0.25) is 14.5 Å². The Bertz CT molecular complexity index is 980. The molecule has 1 saturated heterocycles. The number of ether oxygens (including phenoxy) is 3. The van der Waals surface area contributed by atoms with E-state index in [9.17, 15) is 9.59 Å². The minimum Gasteiger partial charge on any atom is -0.497 e. The fourth-order valence-electron chi connectivity index (χ4n) is 4.06. The number of rotatable bonds is 5. The van der Waals surface area contributed by atoms with Gasteiger partial charge in [-0.05, 0) is 49.2 Å². The molecule has 0 spiro atoms. The molecular formula is C22H23ClN2O5. The molecule has 2 aromatic rings. The van der Waals surface area contributed by atoms with Gasteiger partial charge in [-0.25, -0.2) is 0 Å². The van der Waals surface area contributed by atoms with E-state index in [0.717, 1.165) is 18.4 Å². The summed E-state index contributed by atoms with van der Waals surface area (Å²) in [6.07, 6.45) is 1.69. The largest absolute Gasteiger partial charge is 0.497 e. The molecule has 0 bridgehead atoms. The van der Waals surface area contributed by atoms with Gasteiger partial charge in [0.1, 0.15) is 23.8 Å². The number of amides is 2. The molecule has 2 heterocycles. The van der Waals surface area contributed by atoms with E-state index in [2.05, 4.69) is 0 Å². The van der Waals surface area contributed by atoms with Gasteiger partial charge in [-0.15, -0.1) is 0 Å². The second-order valence-corrected chi connectivity index (χ2v) is 7.67. The highest BCUT2D eigenvalue weighted by molar-refractivity contribution is 6.31. The quantitative estimate of drug-likeness (QED) is 0.726. The number of carbonyl (C=O) groups excluding carboxylic acids is 2. The Morgan fingerprint density at radius 2 is 2.03 bits per heavy atom. The number of halogens is 1. The maximum absolute atomic E-state index is 13.3. The second kappa shape index (κ2) is 8.44. The van der Waals surface area contributed by atoms with Crippen LogP contribution >= 0.6 is 11.6 Å². The zero-order chi connectivity index (χ0) is 21.3. The third kappa shape index (κ3) is 3.77. The van der Waals surface area contributed by atoms with E-state index in [1.807, 2.05) is 23.1 Å². The second-order valence-electron chi connectivity index (χ2n) is 7.23. The van der Waals surface area contributed by atoms with Crippen molar-refractivity contribution in [1.29, 1.82) is 0 Å². The lowest BCUT2D eigenvalue weighted by Crippen LogP contribution is -2.46. The van der Waals surface area contributed by atoms with Crippen LogP contribution in [0.15, 0.2) is 36.4 Å². The maximum Gasteiger partial charge on any atom is 0.265 e. The third-order valence-electron chi connectivity index (χ3n) is 5.53. The molecule has 30 heavy (non-hydrogen) atoms. The molecule has 2 aromatic carbocycles. The summed E-state index contributed by atoms with van der Waals surface area (Å²) in [5.41, 5.74) is 1.42. The minimum atomic E-state index is -0.271. The van der Waals surface area contributed by atoms with Crippen LogP contribution in [0, 0.1) is 0 Å². The molecule has 2 aliphatic heterocycles. The fourth-order valence-corrected chi connectivity index (χ4v) is 4.23. The standard InChI is InChI=1S/C22H23ClN2O5/c1-28-15-6-8-19(29-2)16(11-15)17-4-3-9-24(17)21(26)12-25-18-10-14(23)5-7-20(18)30-13-22(25)27/h5-8,10-11,17H,3-4,9,12-13H2,1-2H3/t17-/m1/s1. The molecule has 4 rings (SSSR count). The van der Waals surface area contributed by atoms with Crippen LogP contribution < -0.4 is 19.1 Å². The van der Waals surface area contributed by atoms with E-state index in [1.54, 1.807) is 32.4 Å². The van der Waals surface area contributed by atoms with Crippen LogP contribution in [0.1, 0.15) is 24.4 Å². The highest BCUT2D eigenvalue weighted by Gasteiger charge is 2.35. The Balaban J connectivity index is 1.60. The number of carbonyl (C=O) groups is 2. The van der Waals surface area contributed by atoms with Gasteiger partial charge in [0.05, 0.1) is 25.9 Å². The molecule has 0 radical (unpaired) electrons. The Kier molecular flexibility index (Phi) is 5.72. The molecule has 1 fully saturated rings. The van der Waals surface area contributed by atoms with Crippen molar-refractivity contribution in [3.8, 4) is 17.2 Å². The van der Waals surface area contributed by atoms with E-state index in [0.29, 0.717) is 34.5 Å². The highest BCUT2D eigenvalue weighted by Crippen LogP contribution is 2.40. The molecule has 0 N–H and O–H groups in total. The number of hydrogen-bond acceptors (Lipinski definition) is 5.